The first kappa shape index (κ1) is 20.4. The Kier molecular flexibility index (Phi) is 5.85. The maximum Gasteiger partial charge on any atom is 0.378 e. The Balaban J connectivity index is 1.54. The normalized spacial score (nSPS) is 10.6. The number of anilines is 1. The molecule has 0 N–H and O–H groups in total. The van der Waals surface area contributed by atoms with Gasteiger partial charge in [0.15, 0.2) is 12.4 Å². The van der Waals surface area contributed by atoms with E-state index in [4.69, 9.17) is 4.74 Å². The van der Waals surface area contributed by atoms with Crippen molar-refractivity contribution >= 4 is 28.9 Å². The Labute approximate surface area is 181 Å². The Morgan fingerprint density at radius 3 is 2.48 bits per heavy atom. The molecule has 2 heterocycles. The second-order valence-electron chi connectivity index (χ2n) is 6.49. The molecule has 0 bridgehead atoms. The Morgan fingerprint density at radius 1 is 1.06 bits per heavy atom. The van der Waals surface area contributed by atoms with Crippen LogP contribution in [0.5, 0.6) is 0 Å². The number of amides is 1. The fourth-order valence-corrected chi connectivity index (χ4v) is 3.51. The number of thiophene rings is 1. The molecule has 0 radical (unpaired) electrons. The fraction of sp³-hybridized carbons (Fsp3) is 0.0909. The molecule has 1 amide bonds. The zero-order valence-electron chi connectivity index (χ0n) is 16.4. The van der Waals surface area contributed by atoms with Gasteiger partial charge in [0.1, 0.15) is 5.82 Å². The summed E-state index contributed by atoms with van der Waals surface area (Å²) >= 11 is 1.42. The summed E-state index contributed by atoms with van der Waals surface area (Å²) in [6.07, 6.45) is 0. The Hall–Kier alpha value is -3.85. The average Bonchev–Trinajstić information content (AvgIpc) is 3.48. The second kappa shape index (κ2) is 8.88. The number of benzene rings is 2. The predicted octanol–water partition coefficient (Wildman–Crippen LogP) is 3.95. The quantitative estimate of drug-likeness (QED) is 0.428. The van der Waals surface area contributed by atoms with Gasteiger partial charge in [0.05, 0.1) is 10.6 Å². The summed E-state index contributed by atoms with van der Waals surface area (Å²) in [4.78, 5) is 31.4. The number of para-hydroxylation sites is 1. The van der Waals surface area contributed by atoms with Gasteiger partial charge in [0.25, 0.3) is 11.7 Å². The van der Waals surface area contributed by atoms with Crippen LogP contribution in [0.1, 0.15) is 10.6 Å². The van der Waals surface area contributed by atoms with E-state index in [0.717, 1.165) is 4.88 Å². The van der Waals surface area contributed by atoms with E-state index in [1.54, 1.807) is 19.2 Å². The number of aromatic nitrogens is 3. The molecule has 0 fully saturated rings. The van der Waals surface area contributed by atoms with Gasteiger partial charge in [-0.1, -0.05) is 24.3 Å². The molecule has 0 spiro atoms. The standard InChI is InChI=1S/C22H17FN4O3S/c1-26(16-6-3-2-4-7-16)19(28)14-30-22(29)20-24-21(18-8-5-13-31-18)27(25-20)17-11-9-15(23)10-12-17/h2-13H,14H2,1H3. The molecular weight excluding hydrogens is 419 g/mol. The summed E-state index contributed by atoms with van der Waals surface area (Å²) < 4.78 is 19.9. The first-order chi connectivity index (χ1) is 15.0. The lowest BCUT2D eigenvalue weighted by molar-refractivity contribution is -0.121. The van der Waals surface area contributed by atoms with Crippen LogP contribution in [-0.4, -0.2) is 40.3 Å². The highest BCUT2D eigenvalue weighted by Crippen LogP contribution is 2.26. The van der Waals surface area contributed by atoms with Gasteiger partial charge in [-0.05, 0) is 47.8 Å². The molecule has 4 rings (SSSR count). The molecule has 0 aliphatic heterocycles. The van der Waals surface area contributed by atoms with E-state index in [1.807, 2.05) is 35.7 Å². The summed E-state index contributed by atoms with van der Waals surface area (Å²) in [5.41, 5.74) is 1.22. The monoisotopic (exact) mass is 436 g/mol. The Morgan fingerprint density at radius 2 is 1.81 bits per heavy atom. The van der Waals surface area contributed by atoms with Crippen LogP contribution >= 0.6 is 11.3 Å². The SMILES string of the molecule is CN(C(=O)COC(=O)c1nc(-c2cccs2)n(-c2ccc(F)cc2)n1)c1ccccc1. The molecule has 2 aromatic heterocycles. The number of nitrogens with zero attached hydrogens (tertiary/aromatic N) is 4. The van der Waals surface area contributed by atoms with E-state index in [9.17, 15) is 14.0 Å². The largest absolute Gasteiger partial charge is 0.450 e. The maximum absolute atomic E-state index is 13.3. The molecular formula is C22H17FN4O3S. The summed E-state index contributed by atoms with van der Waals surface area (Å²) in [5.74, 6) is -1.38. The number of carbonyl (C=O) groups excluding carboxylic acids is 2. The van der Waals surface area contributed by atoms with Gasteiger partial charge < -0.3 is 9.64 Å². The maximum atomic E-state index is 13.3. The van der Waals surface area contributed by atoms with Crippen LogP contribution in [0.25, 0.3) is 16.4 Å². The topological polar surface area (TPSA) is 77.3 Å². The van der Waals surface area contributed by atoms with Gasteiger partial charge in [-0.15, -0.1) is 16.4 Å². The Bertz CT molecular complexity index is 1190. The van der Waals surface area contributed by atoms with Gasteiger partial charge in [-0.2, -0.15) is 4.98 Å². The highest BCUT2D eigenvalue weighted by Gasteiger charge is 2.22. The lowest BCUT2D eigenvalue weighted by Gasteiger charge is -2.16. The molecule has 2 aromatic carbocycles. The van der Waals surface area contributed by atoms with Crippen LogP contribution in [0.4, 0.5) is 10.1 Å². The molecule has 31 heavy (non-hydrogen) atoms. The highest BCUT2D eigenvalue weighted by molar-refractivity contribution is 7.13. The number of rotatable bonds is 6. The molecule has 0 aliphatic carbocycles. The van der Waals surface area contributed by atoms with Crippen LogP contribution < -0.4 is 4.90 Å². The number of hydrogen-bond acceptors (Lipinski definition) is 6. The van der Waals surface area contributed by atoms with E-state index in [-0.39, 0.29) is 11.6 Å². The number of esters is 1. The average molecular weight is 436 g/mol. The molecule has 0 aliphatic rings. The van der Waals surface area contributed by atoms with Crippen molar-refractivity contribution < 1.29 is 18.7 Å². The van der Waals surface area contributed by atoms with E-state index in [0.29, 0.717) is 17.2 Å². The number of likely N-dealkylation sites (N-methyl/N-ethyl adjacent to an activating group) is 1. The van der Waals surface area contributed by atoms with Crippen molar-refractivity contribution in [1.29, 1.82) is 0 Å². The minimum atomic E-state index is -0.825. The van der Waals surface area contributed by atoms with Crippen LogP contribution in [0.2, 0.25) is 0 Å². The van der Waals surface area contributed by atoms with Crippen molar-refractivity contribution in [3.63, 3.8) is 0 Å². The lowest BCUT2D eigenvalue weighted by atomic mass is 10.3. The fourth-order valence-electron chi connectivity index (χ4n) is 2.81. The van der Waals surface area contributed by atoms with E-state index >= 15 is 0 Å². The number of halogens is 1. The van der Waals surface area contributed by atoms with Gasteiger partial charge >= 0.3 is 5.97 Å². The van der Waals surface area contributed by atoms with Crippen molar-refractivity contribution in [3.05, 3.63) is 83.8 Å². The summed E-state index contributed by atoms with van der Waals surface area (Å²) in [7, 11) is 1.60. The van der Waals surface area contributed by atoms with E-state index in [2.05, 4.69) is 10.1 Å². The predicted molar refractivity (Wildman–Crippen MR) is 115 cm³/mol. The molecule has 0 saturated heterocycles. The molecule has 0 saturated carbocycles. The third-order valence-electron chi connectivity index (χ3n) is 4.45. The van der Waals surface area contributed by atoms with Crippen molar-refractivity contribution in [1.82, 2.24) is 14.8 Å². The van der Waals surface area contributed by atoms with Crippen LogP contribution in [-0.2, 0) is 9.53 Å². The van der Waals surface area contributed by atoms with E-state index in [1.165, 1.54) is 45.2 Å². The molecule has 0 unspecified atom stereocenters. The van der Waals surface area contributed by atoms with Crippen molar-refractivity contribution in [2.45, 2.75) is 0 Å². The van der Waals surface area contributed by atoms with Crippen molar-refractivity contribution in [2.24, 2.45) is 0 Å². The van der Waals surface area contributed by atoms with Crippen LogP contribution in [0.15, 0.2) is 72.1 Å². The summed E-state index contributed by atoms with van der Waals surface area (Å²) in [6, 6.07) is 18.4. The smallest absolute Gasteiger partial charge is 0.378 e. The van der Waals surface area contributed by atoms with E-state index < -0.39 is 18.5 Å². The first-order valence-electron chi connectivity index (χ1n) is 9.28. The highest BCUT2D eigenvalue weighted by atomic mass is 32.1. The second-order valence-corrected chi connectivity index (χ2v) is 7.44. The third-order valence-corrected chi connectivity index (χ3v) is 5.31. The van der Waals surface area contributed by atoms with Gasteiger partial charge in [0.2, 0.25) is 0 Å². The third kappa shape index (κ3) is 4.51. The first-order valence-corrected chi connectivity index (χ1v) is 10.2. The van der Waals surface area contributed by atoms with Gasteiger partial charge in [-0.3, -0.25) is 4.79 Å². The molecule has 0 atom stereocenters. The van der Waals surface area contributed by atoms with Crippen LogP contribution in [0, 0.1) is 5.82 Å². The lowest BCUT2D eigenvalue weighted by Crippen LogP contribution is -2.31. The van der Waals surface area contributed by atoms with Crippen molar-refractivity contribution in [3.8, 4) is 16.4 Å². The molecule has 156 valence electrons. The summed E-state index contributed by atoms with van der Waals surface area (Å²) in [5, 5.41) is 6.11. The molecule has 4 aromatic rings. The summed E-state index contributed by atoms with van der Waals surface area (Å²) in [6.45, 7) is -0.455. The minimum Gasteiger partial charge on any atom is -0.450 e. The molecule has 9 heteroatoms. The molecule has 7 nitrogen and oxygen atoms in total. The number of carbonyl (C=O) groups is 2. The van der Waals surface area contributed by atoms with Crippen LogP contribution in [0.3, 0.4) is 0 Å². The van der Waals surface area contributed by atoms with Gasteiger partial charge in [0, 0.05) is 12.7 Å². The van der Waals surface area contributed by atoms with Gasteiger partial charge in [-0.25, -0.2) is 13.9 Å². The zero-order chi connectivity index (χ0) is 21.8. The minimum absolute atomic E-state index is 0.192. The zero-order valence-corrected chi connectivity index (χ0v) is 17.3. The number of hydrogen-bond donors (Lipinski definition) is 0. The van der Waals surface area contributed by atoms with Crippen molar-refractivity contribution in [2.75, 3.05) is 18.6 Å². The number of ether oxygens (including phenoxy) is 1.